The first-order valence-corrected chi connectivity index (χ1v) is 5.99. The van der Waals surface area contributed by atoms with Gasteiger partial charge < -0.3 is 14.8 Å². The second-order valence-corrected chi connectivity index (χ2v) is 4.45. The van der Waals surface area contributed by atoms with E-state index in [2.05, 4.69) is 17.4 Å². The first-order valence-electron chi connectivity index (χ1n) is 5.99. The molecule has 86 valence electrons. The smallest absolute Gasteiger partial charge is 0.124 e. The van der Waals surface area contributed by atoms with Gasteiger partial charge in [-0.1, -0.05) is 18.2 Å². The molecule has 0 radical (unpaired) electrons. The first kappa shape index (κ1) is 10.1. The number of ether oxygens (including phenoxy) is 2. The molecule has 0 spiro atoms. The number of hydrogen-bond acceptors (Lipinski definition) is 3. The van der Waals surface area contributed by atoms with Crippen LogP contribution in [0.1, 0.15) is 24.4 Å². The van der Waals surface area contributed by atoms with Crippen LogP contribution in [0.5, 0.6) is 5.75 Å². The summed E-state index contributed by atoms with van der Waals surface area (Å²) in [7, 11) is 0. The fraction of sp³-hybridized carbons (Fsp3) is 0.538. The minimum Gasteiger partial charge on any atom is -0.493 e. The van der Waals surface area contributed by atoms with Crippen molar-refractivity contribution < 1.29 is 9.47 Å². The van der Waals surface area contributed by atoms with Crippen LogP contribution in [0, 0.1) is 0 Å². The molecule has 3 heteroatoms. The Kier molecular flexibility index (Phi) is 2.80. The third-order valence-electron chi connectivity index (χ3n) is 3.33. The summed E-state index contributed by atoms with van der Waals surface area (Å²) in [5.41, 5.74) is 1.29. The molecule has 3 rings (SSSR count). The Balaban J connectivity index is 1.76. The van der Waals surface area contributed by atoms with Crippen LogP contribution in [-0.4, -0.2) is 25.9 Å². The number of benzene rings is 1. The van der Waals surface area contributed by atoms with Crippen LogP contribution in [0.15, 0.2) is 24.3 Å². The molecule has 2 aliphatic heterocycles. The van der Waals surface area contributed by atoms with Gasteiger partial charge in [-0.15, -0.1) is 0 Å². The van der Waals surface area contributed by atoms with Crippen LogP contribution in [0.2, 0.25) is 0 Å². The van der Waals surface area contributed by atoms with Crippen molar-refractivity contribution in [1.29, 1.82) is 0 Å². The van der Waals surface area contributed by atoms with Crippen LogP contribution >= 0.6 is 0 Å². The maximum Gasteiger partial charge on any atom is 0.124 e. The fourth-order valence-electron chi connectivity index (χ4n) is 2.47. The molecular weight excluding hydrogens is 202 g/mol. The lowest BCUT2D eigenvalue weighted by molar-refractivity contribution is 0.183. The molecule has 1 aromatic rings. The number of nitrogens with one attached hydrogen (secondary N) is 1. The third-order valence-corrected chi connectivity index (χ3v) is 3.33. The molecule has 0 saturated carbocycles. The molecule has 2 aliphatic rings. The van der Waals surface area contributed by atoms with E-state index < -0.39 is 0 Å². The van der Waals surface area contributed by atoms with Gasteiger partial charge in [0.1, 0.15) is 5.75 Å². The monoisotopic (exact) mass is 219 g/mol. The largest absolute Gasteiger partial charge is 0.493 e. The number of fused-ring (bicyclic) bond motifs is 1. The number of hydrogen-bond donors (Lipinski definition) is 1. The Labute approximate surface area is 95.8 Å². The standard InChI is InChI=1S/C13H17NO2/c1-2-4-13-11(3-1)12(6-8-16-13)14-10-5-7-15-9-10/h1-4,10,12,14H,5-9H2. The van der Waals surface area contributed by atoms with E-state index in [0.29, 0.717) is 12.1 Å². The van der Waals surface area contributed by atoms with Crippen molar-refractivity contribution in [2.45, 2.75) is 24.9 Å². The highest BCUT2D eigenvalue weighted by atomic mass is 16.5. The molecule has 16 heavy (non-hydrogen) atoms. The van der Waals surface area contributed by atoms with Crippen molar-refractivity contribution in [2.24, 2.45) is 0 Å². The molecule has 0 amide bonds. The Bertz CT molecular complexity index is 361. The molecule has 1 fully saturated rings. The molecule has 0 bridgehead atoms. The molecule has 0 aromatic heterocycles. The summed E-state index contributed by atoms with van der Waals surface area (Å²) < 4.78 is 11.0. The van der Waals surface area contributed by atoms with Gasteiger partial charge in [-0.25, -0.2) is 0 Å². The van der Waals surface area contributed by atoms with E-state index in [9.17, 15) is 0 Å². The molecule has 2 heterocycles. The van der Waals surface area contributed by atoms with Gasteiger partial charge in [0.15, 0.2) is 0 Å². The zero-order valence-electron chi connectivity index (χ0n) is 9.32. The first-order chi connectivity index (χ1) is 7.93. The van der Waals surface area contributed by atoms with Gasteiger partial charge in [-0.2, -0.15) is 0 Å². The minimum atomic E-state index is 0.427. The van der Waals surface area contributed by atoms with Crippen LogP contribution in [0.25, 0.3) is 0 Å². The third kappa shape index (κ3) is 1.93. The maximum absolute atomic E-state index is 5.65. The van der Waals surface area contributed by atoms with E-state index in [1.165, 1.54) is 5.56 Å². The summed E-state index contributed by atoms with van der Waals surface area (Å²) in [4.78, 5) is 0. The molecule has 0 aliphatic carbocycles. The fourth-order valence-corrected chi connectivity index (χ4v) is 2.47. The summed E-state index contributed by atoms with van der Waals surface area (Å²) in [6.07, 6.45) is 2.17. The Morgan fingerprint density at radius 2 is 2.06 bits per heavy atom. The SMILES string of the molecule is c1ccc2c(c1)OCCC2NC1CCOC1. The number of para-hydroxylation sites is 1. The number of rotatable bonds is 2. The van der Waals surface area contributed by atoms with E-state index in [1.807, 2.05) is 12.1 Å². The lowest BCUT2D eigenvalue weighted by Crippen LogP contribution is -2.35. The van der Waals surface area contributed by atoms with Crippen molar-refractivity contribution in [3.63, 3.8) is 0 Å². The van der Waals surface area contributed by atoms with E-state index in [4.69, 9.17) is 9.47 Å². The van der Waals surface area contributed by atoms with Crippen molar-refractivity contribution in [3.05, 3.63) is 29.8 Å². The summed E-state index contributed by atoms with van der Waals surface area (Å²) in [5.74, 6) is 1.03. The van der Waals surface area contributed by atoms with Gasteiger partial charge >= 0.3 is 0 Å². The van der Waals surface area contributed by atoms with Crippen LogP contribution in [-0.2, 0) is 4.74 Å². The topological polar surface area (TPSA) is 30.5 Å². The average Bonchev–Trinajstić information content (AvgIpc) is 2.82. The lowest BCUT2D eigenvalue weighted by atomic mass is 9.99. The van der Waals surface area contributed by atoms with Gasteiger partial charge in [0, 0.05) is 30.7 Å². The highest BCUT2D eigenvalue weighted by molar-refractivity contribution is 5.37. The second-order valence-electron chi connectivity index (χ2n) is 4.45. The van der Waals surface area contributed by atoms with Gasteiger partial charge in [0.2, 0.25) is 0 Å². The summed E-state index contributed by atoms with van der Waals surface area (Å²) >= 11 is 0. The van der Waals surface area contributed by atoms with Gasteiger partial charge in [0.05, 0.1) is 13.2 Å². The van der Waals surface area contributed by atoms with Gasteiger partial charge in [-0.05, 0) is 12.5 Å². The van der Waals surface area contributed by atoms with E-state index in [-0.39, 0.29) is 0 Å². The van der Waals surface area contributed by atoms with Crippen molar-refractivity contribution in [1.82, 2.24) is 5.32 Å². The van der Waals surface area contributed by atoms with Crippen LogP contribution in [0.4, 0.5) is 0 Å². The average molecular weight is 219 g/mol. The Morgan fingerprint density at radius 1 is 1.12 bits per heavy atom. The molecule has 2 unspecified atom stereocenters. The molecular formula is C13H17NO2. The van der Waals surface area contributed by atoms with Crippen molar-refractivity contribution in [3.8, 4) is 5.75 Å². The predicted molar refractivity (Wildman–Crippen MR) is 61.7 cm³/mol. The van der Waals surface area contributed by atoms with E-state index in [1.54, 1.807) is 0 Å². The predicted octanol–water partition coefficient (Wildman–Crippen LogP) is 1.89. The molecule has 1 N–H and O–H groups in total. The molecule has 1 saturated heterocycles. The molecule has 1 aromatic carbocycles. The van der Waals surface area contributed by atoms with Crippen molar-refractivity contribution in [2.75, 3.05) is 19.8 Å². The maximum atomic E-state index is 5.65. The summed E-state index contributed by atoms with van der Waals surface area (Å²) in [5, 5.41) is 3.67. The highest BCUT2D eigenvalue weighted by Gasteiger charge is 2.25. The quantitative estimate of drug-likeness (QED) is 0.824. The molecule has 2 atom stereocenters. The van der Waals surface area contributed by atoms with Gasteiger partial charge in [-0.3, -0.25) is 0 Å². The summed E-state index contributed by atoms with van der Waals surface area (Å²) in [6.45, 7) is 2.55. The zero-order valence-corrected chi connectivity index (χ0v) is 9.32. The highest BCUT2D eigenvalue weighted by Crippen LogP contribution is 2.32. The second kappa shape index (κ2) is 4.44. The lowest BCUT2D eigenvalue weighted by Gasteiger charge is -2.28. The minimum absolute atomic E-state index is 0.427. The van der Waals surface area contributed by atoms with Crippen LogP contribution < -0.4 is 10.1 Å². The Morgan fingerprint density at radius 3 is 2.94 bits per heavy atom. The van der Waals surface area contributed by atoms with Gasteiger partial charge in [0.25, 0.3) is 0 Å². The van der Waals surface area contributed by atoms with Crippen molar-refractivity contribution >= 4 is 0 Å². The van der Waals surface area contributed by atoms with E-state index in [0.717, 1.165) is 38.4 Å². The zero-order chi connectivity index (χ0) is 10.8. The Hall–Kier alpha value is -1.06. The van der Waals surface area contributed by atoms with E-state index >= 15 is 0 Å². The summed E-state index contributed by atoms with van der Waals surface area (Å²) in [6, 6.07) is 9.25. The van der Waals surface area contributed by atoms with Crippen LogP contribution in [0.3, 0.4) is 0 Å². The normalized spacial score (nSPS) is 28.5. The molecule has 3 nitrogen and oxygen atoms in total.